The molecule has 0 amide bonds. The molecule has 0 saturated heterocycles. The molecule has 4 rings (SSSR count). The maximum absolute atomic E-state index is 11.5. The van der Waals surface area contributed by atoms with Crippen LogP contribution >= 0.6 is 11.6 Å². The minimum absolute atomic E-state index is 0.405. The van der Waals surface area contributed by atoms with E-state index in [4.69, 9.17) is 16.3 Å². The molecule has 3 nitrogen and oxygen atoms in total. The molecule has 1 unspecified atom stereocenters. The van der Waals surface area contributed by atoms with Crippen molar-refractivity contribution in [2.45, 2.75) is 43.1 Å². The monoisotopic (exact) mass is 357 g/mol. The van der Waals surface area contributed by atoms with Gasteiger partial charge in [-0.1, -0.05) is 48.0 Å². The Morgan fingerprint density at radius 2 is 1.60 bits per heavy atom. The van der Waals surface area contributed by atoms with Crippen molar-refractivity contribution in [3.63, 3.8) is 0 Å². The maximum atomic E-state index is 11.5. The molecule has 132 valence electrons. The van der Waals surface area contributed by atoms with Crippen LogP contribution in [0.3, 0.4) is 0 Å². The molecule has 1 atom stereocenters. The Labute approximate surface area is 154 Å². The lowest BCUT2D eigenvalue weighted by molar-refractivity contribution is -0.243. The van der Waals surface area contributed by atoms with Gasteiger partial charge in [0, 0.05) is 22.2 Å². The van der Waals surface area contributed by atoms with Gasteiger partial charge in [-0.3, -0.25) is 0 Å². The highest BCUT2D eigenvalue weighted by molar-refractivity contribution is 6.30. The highest BCUT2D eigenvalue weighted by Gasteiger charge is 2.54. The molecule has 1 aliphatic heterocycles. The zero-order chi connectivity index (χ0) is 17.7. The summed E-state index contributed by atoms with van der Waals surface area (Å²) in [7, 11) is 4.27. The van der Waals surface area contributed by atoms with Crippen molar-refractivity contribution in [2.24, 2.45) is 0 Å². The average Bonchev–Trinajstić information content (AvgIpc) is 2.86. The van der Waals surface area contributed by atoms with Crippen LogP contribution in [-0.2, 0) is 16.1 Å². The standard InChI is InChI=1S/C21H24ClNO2/c1-23(2)17-11-13-20(14-12-17)18-5-3-4-6-19(18)21(24,25-20)15-7-9-16(22)10-8-15/h3-10,17,24H,11-14H2,1-2H3. The van der Waals surface area contributed by atoms with E-state index in [0.29, 0.717) is 11.1 Å². The number of hydrogen-bond acceptors (Lipinski definition) is 3. The van der Waals surface area contributed by atoms with Crippen LogP contribution in [0.4, 0.5) is 0 Å². The Morgan fingerprint density at radius 3 is 2.20 bits per heavy atom. The van der Waals surface area contributed by atoms with Gasteiger partial charge in [-0.25, -0.2) is 0 Å². The molecule has 1 fully saturated rings. The van der Waals surface area contributed by atoms with Crippen LogP contribution in [0.2, 0.25) is 5.02 Å². The van der Waals surface area contributed by atoms with Gasteiger partial charge < -0.3 is 14.7 Å². The lowest BCUT2D eigenvalue weighted by Crippen LogP contribution is -2.41. The fourth-order valence-electron chi connectivity index (χ4n) is 4.42. The summed E-state index contributed by atoms with van der Waals surface area (Å²) in [4.78, 5) is 2.29. The molecule has 1 aliphatic carbocycles. The summed E-state index contributed by atoms with van der Waals surface area (Å²) >= 11 is 6.02. The predicted molar refractivity (Wildman–Crippen MR) is 99.6 cm³/mol. The van der Waals surface area contributed by atoms with Gasteiger partial charge in [-0.15, -0.1) is 0 Å². The van der Waals surface area contributed by atoms with Gasteiger partial charge >= 0.3 is 0 Å². The molecular formula is C21H24ClNO2. The molecule has 0 bridgehead atoms. The largest absolute Gasteiger partial charge is 0.358 e. The summed E-state index contributed by atoms with van der Waals surface area (Å²) in [5.74, 6) is -1.41. The van der Waals surface area contributed by atoms with Crippen LogP contribution in [0, 0.1) is 0 Å². The highest BCUT2D eigenvalue weighted by Crippen LogP contribution is 2.55. The van der Waals surface area contributed by atoms with Crippen LogP contribution < -0.4 is 0 Å². The molecule has 2 aromatic carbocycles. The van der Waals surface area contributed by atoms with Crippen LogP contribution in [0.1, 0.15) is 42.4 Å². The highest BCUT2D eigenvalue weighted by atomic mass is 35.5. The number of hydrogen-bond donors (Lipinski definition) is 1. The second-order valence-electron chi connectivity index (χ2n) is 7.49. The Kier molecular flexibility index (Phi) is 4.16. The zero-order valence-electron chi connectivity index (χ0n) is 14.7. The lowest BCUT2D eigenvalue weighted by atomic mass is 9.77. The molecule has 1 saturated carbocycles. The first-order valence-electron chi connectivity index (χ1n) is 8.90. The lowest BCUT2D eigenvalue weighted by Gasteiger charge is -2.40. The van der Waals surface area contributed by atoms with Crippen molar-refractivity contribution in [3.8, 4) is 0 Å². The summed E-state index contributed by atoms with van der Waals surface area (Å²) in [6.07, 6.45) is 3.97. The van der Waals surface area contributed by atoms with Gasteiger partial charge in [0.05, 0.1) is 5.60 Å². The van der Waals surface area contributed by atoms with E-state index in [-0.39, 0.29) is 0 Å². The van der Waals surface area contributed by atoms with E-state index in [9.17, 15) is 5.11 Å². The molecule has 0 radical (unpaired) electrons. The van der Waals surface area contributed by atoms with Gasteiger partial charge in [-0.2, -0.15) is 0 Å². The second kappa shape index (κ2) is 6.10. The van der Waals surface area contributed by atoms with Crippen molar-refractivity contribution >= 4 is 11.6 Å². The molecule has 0 aromatic heterocycles. The van der Waals surface area contributed by atoms with Crippen LogP contribution in [0.25, 0.3) is 0 Å². The van der Waals surface area contributed by atoms with E-state index in [0.717, 1.165) is 42.4 Å². The summed E-state index contributed by atoms with van der Waals surface area (Å²) < 4.78 is 6.50. The van der Waals surface area contributed by atoms with Crippen LogP contribution in [-0.4, -0.2) is 30.1 Å². The van der Waals surface area contributed by atoms with Crippen LogP contribution in [0.5, 0.6) is 0 Å². The maximum Gasteiger partial charge on any atom is 0.221 e. The minimum atomic E-state index is -1.41. The molecular weight excluding hydrogens is 334 g/mol. The van der Waals surface area contributed by atoms with Crippen molar-refractivity contribution in [3.05, 3.63) is 70.2 Å². The molecule has 1 heterocycles. The zero-order valence-corrected chi connectivity index (χ0v) is 15.5. The normalized spacial score (nSPS) is 31.5. The van der Waals surface area contributed by atoms with Gasteiger partial charge in [0.15, 0.2) is 0 Å². The number of benzene rings is 2. The van der Waals surface area contributed by atoms with E-state index in [1.165, 1.54) is 0 Å². The predicted octanol–water partition coefficient (Wildman–Crippen LogP) is 4.26. The topological polar surface area (TPSA) is 32.7 Å². The van der Waals surface area contributed by atoms with Gasteiger partial charge in [0.1, 0.15) is 0 Å². The third-order valence-corrected chi connectivity index (χ3v) is 6.11. The number of halogens is 1. The molecule has 2 aliphatic rings. The number of ether oxygens (including phenoxy) is 1. The molecule has 4 heteroatoms. The molecule has 2 aromatic rings. The smallest absolute Gasteiger partial charge is 0.221 e. The Balaban J connectivity index is 1.75. The number of aliphatic hydroxyl groups is 1. The first kappa shape index (κ1) is 17.0. The quantitative estimate of drug-likeness (QED) is 0.871. The summed E-state index contributed by atoms with van der Waals surface area (Å²) in [6.45, 7) is 0. The number of fused-ring (bicyclic) bond motifs is 2. The minimum Gasteiger partial charge on any atom is -0.358 e. The Morgan fingerprint density at radius 1 is 1.00 bits per heavy atom. The Bertz CT molecular complexity index is 766. The number of rotatable bonds is 2. The van der Waals surface area contributed by atoms with Crippen molar-refractivity contribution < 1.29 is 9.84 Å². The van der Waals surface area contributed by atoms with Gasteiger partial charge in [0.2, 0.25) is 5.79 Å². The van der Waals surface area contributed by atoms with E-state index in [1.54, 1.807) is 12.1 Å². The summed E-state index contributed by atoms with van der Waals surface area (Å²) in [5, 5.41) is 12.2. The SMILES string of the molecule is CN(C)C1CCC2(CC1)OC(O)(c1ccc(Cl)cc1)c1ccccc12. The third-order valence-electron chi connectivity index (χ3n) is 5.85. The summed E-state index contributed by atoms with van der Waals surface area (Å²) in [5.41, 5.74) is 2.32. The first-order valence-corrected chi connectivity index (χ1v) is 9.27. The average molecular weight is 358 g/mol. The molecule has 1 spiro atoms. The summed E-state index contributed by atoms with van der Waals surface area (Å²) in [6, 6.07) is 16.0. The van der Waals surface area contributed by atoms with Crippen molar-refractivity contribution in [1.82, 2.24) is 4.90 Å². The fraction of sp³-hybridized carbons (Fsp3) is 0.429. The van der Waals surface area contributed by atoms with Crippen molar-refractivity contribution in [2.75, 3.05) is 14.1 Å². The fourth-order valence-corrected chi connectivity index (χ4v) is 4.54. The van der Waals surface area contributed by atoms with E-state index in [1.807, 2.05) is 30.3 Å². The second-order valence-corrected chi connectivity index (χ2v) is 7.92. The first-order chi connectivity index (χ1) is 11.9. The third kappa shape index (κ3) is 2.70. The van der Waals surface area contributed by atoms with E-state index >= 15 is 0 Å². The van der Waals surface area contributed by atoms with Gasteiger partial charge in [0.25, 0.3) is 0 Å². The molecule has 1 N–H and O–H groups in total. The Hall–Kier alpha value is -1.39. The van der Waals surface area contributed by atoms with Gasteiger partial charge in [-0.05, 0) is 57.5 Å². The van der Waals surface area contributed by atoms with E-state index in [2.05, 4.69) is 25.1 Å². The van der Waals surface area contributed by atoms with E-state index < -0.39 is 11.4 Å². The van der Waals surface area contributed by atoms with Crippen LogP contribution in [0.15, 0.2) is 48.5 Å². The number of nitrogens with zero attached hydrogens (tertiary/aromatic N) is 1. The molecule has 25 heavy (non-hydrogen) atoms. The van der Waals surface area contributed by atoms with Crippen molar-refractivity contribution in [1.29, 1.82) is 0 Å².